The zero-order chi connectivity index (χ0) is 19.5. The number of rotatable bonds is 6. The molecule has 4 rings (SSSR count). The second-order valence-electron chi connectivity index (χ2n) is 8.52. The smallest absolute Gasteiger partial charge is 0.237 e. The highest BCUT2D eigenvalue weighted by molar-refractivity contribution is 5.82. The molecule has 28 heavy (non-hydrogen) atoms. The Morgan fingerprint density at radius 1 is 1.14 bits per heavy atom. The predicted octanol–water partition coefficient (Wildman–Crippen LogP) is 2.57. The van der Waals surface area contributed by atoms with Gasteiger partial charge in [0.15, 0.2) is 0 Å². The molecule has 2 N–H and O–H groups in total. The Labute approximate surface area is 168 Å². The molecule has 2 aliphatic heterocycles. The van der Waals surface area contributed by atoms with E-state index in [0.29, 0.717) is 17.9 Å². The van der Waals surface area contributed by atoms with Gasteiger partial charge >= 0.3 is 0 Å². The van der Waals surface area contributed by atoms with Crippen molar-refractivity contribution in [1.82, 2.24) is 10.6 Å². The fourth-order valence-electron chi connectivity index (χ4n) is 5.10. The molecule has 0 radical (unpaired) electrons. The first kappa shape index (κ1) is 19.4. The highest BCUT2D eigenvalue weighted by Crippen LogP contribution is 2.34. The molecule has 6 heteroatoms. The summed E-state index contributed by atoms with van der Waals surface area (Å²) in [5, 5.41) is 6.79. The lowest BCUT2D eigenvalue weighted by molar-refractivity contribution is -0.123. The molecular formula is C22H33N3O3. The minimum atomic E-state index is 0.00764. The molecule has 3 aliphatic rings. The molecule has 2 saturated heterocycles. The van der Waals surface area contributed by atoms with Crippen LogP contribution in [-0.2, 0) is 4.79 Å². The zero-order valence-corrected chi connectivity index (χ0v) is 17.1. The average Bonchev–Trinajstić information content (AvgIpc) is 3.38. The lowest BCUT2D eigenvalue weighted by Crippen LogP contribution is -2.44. The second kappa shape index (κ2) is 8.60. The van der Waals surface area contributed by atoms with E-state index in [1.165, 1.54) is 25.7 Å². The molecule has 2 heterocycles. The molecule has 1 aromatic carbocycles. The molecule has 4 unspecified atom stereocenters. The van der Waals surface area contributed by atoms with E-state index >= 15 is 0 Å². The van der Waals surface area contributed by atoms with Crippen LogP contribution in [0.25, 0.3) is 0 Å². The number of benzene rings is 1. The predicted molar refractivity (Wildman–Crippen MR) is 110 cm³/mol. The molecule has 1 aliphatic carbocycles. The van der Waals surface area contributed by atoms with E-state index in [4.69, 9.17) is 9.47 Å². The zero-order valence-electron chi connectivity index (χ0n) is 17.1. The Kier molecular flexibility index (Phi) is 5.95. The number of fused-ring (bicyclic) bond motifs is 1. The summed E-state index contributed by atoms with van der Waals surface area (Å²) in [5.41, 5.74) is 1.12. The first-order valence-electron chi connectivity index (χ1n) is 10.7. The van der Waals surface area contributed by atoms with Crippen molar-refractivity contribution < 1.29 is 14.3 Å². The van der Waals surface area contributed by atoms with E-state index in [0.717, 1.165) is 49.7 Å². The summed E-state index contributed by atoms with van der Waals surface area (Å²) in [6.07, 6.45) is 7.23. The fraction of sp³-hybridized carbons (Fsp3) is 0.682. The van der Waals surface area contributed by atoms with Crippen LogP contribution in [0.1, 0.15) is 38.5 Å². The van der Waals surface area contributed by atoms with Gasteiger partial charge in [-0.3, -0.25) is 4.79 Å². The lowest BCUT2D eigenvalue weighted by Gasteiger charge is -2.24. The number of hydrogen-bond acceptors (Lipinski definition) is 5. The molecule has 1 amide bonds. The number of carbonyl (C=O) groups is 1. The van der Waals surface area contributed by atoms with Crippen LogP contribution in [0.5, 0.6) is 11.5 Å². The maximum atomic E-state index is 12.6. The van der Waals surface area contributed by atoms with Crippen LogP contribution >= 0.6 is 0 Å². The van der Waals surface area contributed by atoms with Crippen LogP contribution in [0.3, 0.4) is 0 Å². The summed E-state index contributed by atoms with van der Waals surface area (Å²) in [4.78, 5) is 15.0. The van der Waals surface area contributed by atoms with Crippen LogP contribution in [0.4, 0.5) is 5.69 Å². The molecule has 154 valence electrons. The third-order valence-electron chi connectivity index (χ3n) is 6.73. The van der Waals surface area contributed by atoms with Crippen molar-refractivity contribution >= 4 is 11.6 Å². The molecule has 1 aromatic rings. The van der Waals surface area contributed by atoms with Gasteiger partial charge in [-0.1, -0.05) is 12.8 Å². The Hall–Kier alpha value is -1.95. The normalized spacial score (nSPS) is 29.4. The number of methoxy groups -OCH3 is 2. The van der Waals surface area contributed by atoms with Gasteiger partial charge in [-0.15, -0.1) is 0 Å². The number of hydrogen-bond donors (Lipinski definition) is 2. The minimum Gasteiger partial charge on any atom is -0.497 e. The van der Waals surface area contributed by atoms with Crippen LogP contribution in [0.15, 0.2) is 18.2 Å². The molecule has 0 spiro atoms. The van der Waals surface area contributed by atoms with E-state index in [2.05, 4.69) is 15.5 Å². The van der Waals surface area contributed by atoms with Crippen molar-refractivity contribution in [3.63, 3.8) is 0 Å². The van der Waals surface area contributed by atoms with Crippen molar-refractivity contribution in [2.24, 2.45) is 11.8 Å². The van der Waals surface area contributed by atoms with Crippen molar-refractivity contribution in [3.8, 4) is 11.5 Å². The van der Waals surface area contributed by atoms with Crippen molar-refractivity contribution in [3.05, 3.63) is 18.2 Å². The van der Waals surface area contributed by atoms with Gasteiger partial charge in [-0.25, -0.2) is 0 Å². The first-order valence-corrected chi connectivity index (χ1v) is 10.7. The Morgan fingerprint density at radius 2 is 1.89 bits per heavy atom. The second-order valence-corrected chi connectivity index (χ2v) is 8.52. The monoisotopic (exact) mass is 387 g/mol. The number of nitrogens with zero attached hydrogens (tertiary/aromatic N) is 1. The molecule has 6 nitrogen and oxygen atoms in total. The number of anilines is 1. The highest BCUT2D eigenvalue weighted by atomic mass is 16.5. The molecule has 1 saturated carbocycles. The Morgan fingerprint density at radius 3 is 2.61 bits per heavy atom. The SMILES string of the molecule is COc1cc(OC)cc(N2CCC(CNC(=O)C3CC4CCCCC4N3)C2)c1. The summed E-state index contributed by atoms with van der Waals surface area (Å²) in [6, 6.07) is 6.56. The molecule has 4 atom stereocenters. The summed E-state index contributed by atoms with van der Waals surface area (Å²) >= 11 is 0. The Balaban J connectivity index is 1.28. The number of carbonyl (C=O) groups excluding carboxylic acids is 1. The number of ether oxygens (including phenoxy) is 2. The van der Waals surface area contributed by atoms with Gasteiger partial charge in [0.05, 0.1) is 20.3 Å². The average molecular weight is 388 g/mol. The van der Waals surface area contributed by atoms with E-state index in [-0.39, 0.29) is 11.9 Å². The maximum Gasteiger partial charge on any atom is 0.237 e. The van der Waals surface area contributed by atoms with E-state index < -0.39 is 0 Å². The topological polar surface area (TPSA) is 62.8 Å². The fourth-order valence-corrected chi connectivity index (χ4v) is 5.10. The Bertz CT molecular complexity index is 659. The van der Waals surface area contributed by atoms with Crippen LogP contribution in [0, 0.1) is 11.8 Å². The third-order valence-corrected chi connectivity index (χ3v) is 6.73. The van der Waals surface area contributed by atoms with Gasteiger partial charge in [-0.2, -0.15) is 0 Å². The van der Waals surface area contributed by atoms with Crippen molar-refractivity contribution in [1.29, 1.82) is 0 Å². The van der Waals surface area contributed by atoms with Gasteiger partial charge in [0.2, 0.25) is 5.91 Å². The van der Waals surface area contributed by atoms with Crippen molar-refractivity contribution in [2.45, 2.75) is 50.6 Å². The van der Waals surface area contributed by atoms with Gasteiger partial charge in [0, 0.05) is 49.6 Å². The van der Waals surface area contributed by atoms with Gasteiger partial charge in [0.25, 0.3) is 0 Å². The number of amides is 1. The number of nitrogens with one attached hydrogen (secondary N) is 2. The largest absolute Gasteiger partial charge is 0.497 e. The van der Waals surface area contributed by atoms with Gasteiger partial charge < -0.3 is 25.0 Å². The molecule has 0 bridgehead atoms. The first-order chi connectivity index (χ1) is 13.7. The standard InChI is InChI=1S/C22H33N3O3/c1-27-18-10-17(11-19(12-18)28-2)25-8-7-15(14-25)13-23-22(26)21-9-16-5-3-4-6-20(16)24-21/h10-12,15-16,20-21,24H,3-9,13-14H2,1-2H3,(H,23,26). The minimum absolute atomic E-state index is 0.00764. The maximum absolute atomic E-state index is 12.6. The summed E-state index contributed by atoms with van der Waals surface area (Å²) in [7, 11) is 3.35. The highest BCUT2D eigenvalue weighted by Gasteiger charge is 2.38. The summed E-state index contributed by atoms with van der Waals surface area (Å²) in [6.45, 7) is 2.69. The van der Waals surface area contributed by atoms with E-state index in [1.807, 2.05) is 18.2 Å². The van der Waals surface area contributed by atoms with Crippen LogP contribution in [-0.4, -0.2) is 51.8 Å². The molecular weight excluding hydrogens is 354 g/mol. The van der Waals surface area contributed by atoms with Crippen LogP contribution in [0.2, 0.25) is 0 Å². The van der Waals surface area contributed by atoms with E-state index in [9.17, 15) is 4.79 Å². The van der Waals surface area contributed by atoms with Crippen molar-refractivity contribution in [2.75, 3.05) is 38.8 Å². The molecule has 0 aromatic heterocycles. The van der Waals surface area contributed by atoms with E-state index in [1.54, 1.807) is 14.2 Å². The van der Waals surface area contributed by atoms with Gasteiger partial charge in [-0.05, 0) is 37.5 Å². The lowest BCUT2D eigenvalue weighted by atomic mass is 9.85. The summed E-state index contributed by atoms with van der Waals surface area (Å²) < 4.78 is 10.8. The summed E-state index contributed by atoms with van der Waals surface area (Å²) in [5.74, 6) is 2.98. The van der Waals surface area contributed by atoms with Crippen LogP contribution < -0.4 is 25.0 Å². The molecule has 3 fully saturated rings. The quantitative estimate of drug-likeness (QED) is 0.786. The third kappa shape index (κ3) is 4.22. The van der Waals surface area contributed by atoms with Gasteiger partial charge in [0.1, 0.15) is 11.5 Å².